The van der Waals surface area contributed by atoms with Gasteiger partial charge in [-0.1, -0.05) is 30.3 Å². The van der Waals surface area contributed by atoms with Crippen LogP contribution in [0, 0.1) is 0 Å². The number of aliphatic imine (C=N–C) groups is 1. The first-order chi connectivity index (χ1) is 8.92. The van der Waals surface area contributed by atoms with Gasteiger partial charge >= 0.3 is 0 Å². The summed E-state index contributed by atoms with van der Waals surface area (Å²) < 4.78 is 22.1. The van der Waals surface area contributed by atoms with Crippen LogP contribution >= 0.6 is 0 Å². The van der Waals surface area contributed by atoms with Crippen molar-refractivity contribution in [1.82, 2.24) is 10.2 Å². The number of rotatable bonds is 5. The molecular formula is C13H21N3O2S. The van der Waals surface area contributed by atoms with Gasteiger partial charge in [0, 0.05) is 33.4 Å². The van der Waals surface area contributed by atoms with Crippen LogP contribution in [0.1, 0.15) is 5.56 Å². The van der Waals surface area contributed by atoms with Gasteiger partial charge in [0.15, 0.2) is 5.96 Å². The van der Waals surface area contributed by atoms with Crippen LogP contribution in [0.15, 0.2) is 35.3 Å². The molecule has 0 heterocycles. The third kappa shape index (κ3) is 6.24. The zero-order chi connectivity index (χ0) is 14.3. The van der Waals surface area contributed by atoms with Crippen LogP contribution < -0.4 is 5.32 Å². The highest BCUT2D eigenvalue weighted by molar-refractivity contribution is 7.90. The third-order valence-corrected chi connectivity index (χ3v) is 3.54. The van der Waals surface area contributed by atoms with E-state index in [9.17, 15) is 8.42 Å². The third-order valence-electron chi connectivity index (χ3n) is 2.59. The Balaban J connectivity index is 2.51. The second-order valence-electron chi connectivity index (χ2n) is 4.45. The van der Waals surface area contributed by atoms with Gasteiger partial charge in [-0.3, -0.25) is 4.99 Å². The van der Waals surface area contributed by atoms with E-state index in [0.29, 0.717) is 12.5 Å². The van der Waals surface area contributed by atoms with E-state index in [2.05, 4.69) is 10.3 Å². The van der Waals surface area contributed by atoms with Crippen molar-refractivity contribution in [1.29, 1.82) is 0 Å². The van der Waals surface area contributed by atoms with E-state index in [1.54, 1.807) is 7.05 Å². The van der Waals surface area contributed by atoms with Crippen LogP contribution in [-0.4, -0.2) is 51.9 Å². The fraction of sp³-hybridized carbons (Fsp3) is 0.462. The Kier molecular flexibility index (Phi) is 5.82. The number of guanidine groups is 1. The maximum absolute atomic E-state index is 11.1. The molecule has 6 heteroatoms. The Bertz CT molecular complexity index is 512. The molecule has 0 amide bonds. The summed E-state index contributed by atoms with van der Waals surface area (Å²) in [7, 11) is 0.656. The fourth-order valence-corrected chi connectivity index (χ4v) is 2.14. The number of hydrogen-bond acceptors (Lipinski definition) is 3. The summed E-state index contributed by atoms with van der Waals surface area (Å²) >= 11 is 0. The van der Waals surface area contributed by atoms with Crippen LogP contribution in [0.25, 0.3) is 0 Å². The van der Waals surface area contributed by atoms with Crippen molar-refractivity contribution in [2.45, 2.75) is 6.54 Å². The van der Waals surface area contributed by atoms with Gasteiger partial charge in [0.25, 0.3) is 0 Å². The molecule has 0 radical (unpaired) electrons. The fourth-order valence-electron chi connectivity index (χ4n) is 1.67. The lowest BCUT2D eigenvalue weighted by molar-refractivity contribution is 0.479. The molecule has 1 rings (SSSR count). The van der Waals surface area contributed by atoms with Gasteiger partial charge < -0.3 is 10.2 Å². The quantitative estimate of drug-likeness (QED) is 0.639. The Morgan fingerprint density at radius 3 is 2.47 bits per heavy atom. The minimum Gasteiger partial charge on any atom is -0.355 e. The highest BCUT2D eigenvalue weighted by atomic mass is 32.2. The SMILES string of the molecule is CN=C(NCCS(C)(=O)=O)N(C)Cc1ccccc1. The summed E-state index contributed by atoms with van der Waals surface area (Å²) in [5.74, 6) is 0.790. The second kappa shape index (κ2) is 7.13. The van der Waals surface area contributed by atoms with E-state index < -0.39 is 9.84 Å². The largest absolute Gasteiger partial charge is 0.355 e. The van der Waals surface area contributed by atoms with Crippen LogP contribution in [0.2, 0.25) is 0 Å². The highest BCUT2D eigenvalue weighted by Gasteiger charge is 2.07. The Labute approximate surface area is 115 Å². The predicted molar refractivity (Wildman–Crippen MR) is 79.0 cm³/mol. The molecule has 0 aliphatic heterocycles. The van der Waals surface area contributed by atoms with E-state index in [1.807, 2.05) is 42.3 Å². The van der Waals surface area contributed by atoms with Gasteiger partial charge in [0.1, 0.15) is 9.84 Å². The molecule has 0 aromatic heterocycles. The molecule has 0 atom stereocenters. The molecule has 0 aliphatic carbocycles. The summed E-state index contributed by atoms with van der Waals surface area (Å²) in [5, 5.41) is 3.04. The maximum Gasteiger partial charge on any atom is 0.193 e. The van der Waals surface area contributed by atoms with Crippen molar-refractivity contribution < 1.29 is 8.42 Å². The van der Waals surface area contributed by atoms with Crippen LogP contribution in [0.5, 0.6) is 0 Å². The summed E-state index contributed by atoms with van der Waals surface area (Å²) in [6, 6.07) is 10.0. The van der Waals surface area contributed by atoms with Crippen molar-refractivity contribution in [3.05, 3.63) is 35.9 Å². The normalized spacial score (nSPS) is 12.3. The topological polar surface area (TPSA) is 61.8 Å². The van der Waals surface area contributed by atoms with E-state index in [0.717, 1.165) is 6.54 Å². The smallest absolute Gasteiger partial charge is 0.193 e. The number of nitrogens with zero attached hydrogens (tertiary/aromatic N) is 2. The monoisotopic (exact) mass is 283 g/mol. The number of sulfone groups is 1. The van der Waals surface area contributed by atoms with Crippen molar-refractivity contribution in [3.8, 4) is 0 Å². The molecule has 0 fully saturated rings. The maximum atomic E-state index is 11.1. The molecule has 0 unspecified atom stereocenters. The molecule has 0 aliphatic rings. The lowest BCUT2D eigenvalue weighted by Crippen LogP contribution is -2.40. The average molecular weight is 283 g/mol. The summed E-state index contributed by atoms with van der Waals surface area (Å²) in [6.45, 7) is 1.09. The van der Waals surface area contributed by atoms with Crippen molar-refractivity contribution in [3.63, 3.8) is 0 Å². The summed E-state index contributed by atoms with van der Waals surface area (Å²) in [6.07, 6.45) is 1.23. The number of nitrogens with one attached hydrogen (secondary N) is 1. The summed E-state index contributed by atoms with van der Waals surface area (Å²) in [5.41, 5.74) is 1.18. The highest BCUT2D eigenvalue weighted by Crippen LogP contribution is 2.02. The molecular weight excluding hydrogens is 262 g/mol. The van der Waals surface area contributed by atoms with E-state index in [4.69, 9.17) is 0 Å². The first-order valence-electron chi connectivity index (χ1n) is 6.06. The molecule has 106 valence electrons. The minimum absolute atomic E-state index is 0.102. The standard InChI is InChI=1S/C13H21N3O2S/c1-14-13(15-9-10-19(3,17)18)16(2)11-12-7-5-4-6-8-12/h4-8H,9-11H2,1-3H3,(H,14,15). The van der Waals surface area contributed by atoms with Crippen LogP contribution in [-0.2, 0) is 16.4 Å². The van der Waals surface area contributed by atoms with E-state index in [1.165, 1.54) is 11.8 Å². The molecule has 0 saturated carbocycles. The van der Waals surface area contributed by atoms with Gasteiger partial charge in [-0.05, 0) is 5.56 Å². The summed E-state index contributed by atoms with van der Waals surface area (Å²) in [4.78, 5) is 6.10. The first kappa shape index (κ1) is 15.5. The van der Waals surface area contributed by atoms with Gasteiger partial charge in [-0.25, -0.2) is 8.42 Å². The zero-order valence-corrected chi connectivity index (χ0v) is 12.4. The predicted octanol–water partition coefficient (Wildman–Crippen LogP) is 0.738. The van der Waals surface area contributed by atoms with Crippen LogP contribution in [0.3, 0.4) is 0 Å². The van der Waals surface area contributed by atoms with E-state index in [-0.39, 0.29) is 5.75 Å². The lowest BCUT2D eigenvalue weighted by atomic mass is 10.2. The van der Waals surface area contributed by atoms with Gasteiger partial charge in [0.05, 0.1) is 5.75 Å². The number of benzene rings is 1. The van der Waals surface area contributed by atoms with Crippen molar-refractivity contribution >= 4 is 15.8 Å². The number of hydrogen-bond donors (Lipinski definition) is 1. The van der Waals surface area contributed by atoms with Crippen molar-refractivity contribution in [2.24, 2.45) is 4.99 Å². The molecule has 1 N–H and O–H groups in total. The van der Waals surface area contributed by atoms with Gasteiger partial charge in [-0.2, -0.15) is 0 Å². The minimum atomic E-state index is -2.95. The zero-order valence-electron chi connectivity index (χ0n) is 11.6. The van der Waals surface area contributed by atoms with Crippen LogP contribution in [0.4, 0.5) is 0 Å². The lowest BCUT2D eigenvalue weighted by Gasteiger charge is -2.22. The molecule has 1 aromatic rings. The Morgan fingerprint density at radius 2 is 1.95 bits per heavy atom. The Morgan fingerprint density at radius 1 is 1.32 bits per heavy atom. The first-order valence-corrected chi connectivity index (χ1v) is 8.12. The average Bonchev–Trinajstić information content (AvgIpc) is 2.34. The van der Waals surface area contributed by atoms with Gasteiger partial charge in [0.2, 0.25) is 0 Å². The molecule has 5 nitrogen and oxygen atoms in total. The Hall–Kier alpha value is -1.56. The van der Waals surface area contributed by atoms with E-state index >= 15 is 0 Å². The second-order valence-corrected chi connectivity index (χ2v) is 6.71. The molecule has 0 saturated heterocycles. The van der Waals surface area contributed by atoms with Gasteiger partial charge in [-0.15, -0.1) is 0 Å². The molecule has 19 heavy (non-hydrogen) atoms. The molecule has 1 aromatic carbocycles. The molecule has 0 bridgehead atoms. The van der Waals surface area contributed by atoms with Crippen molar-refractivity contribution in [2.75, 3.05) is 32.6 Å². The molecule has 0 spiro atoms.